The summed E-state index contributed by atoms with van der Waals surface area (Å²) in [5.41, 5.74) is 4.20. The van der Waals surface area contributed by atoms with Crippen molar-refractivity contribution in [2.24, 2.45) is 0 Å². The number of benzene rings is 2. The van der Waals surface area contributed by atoms with Crippen molar-refractivity contribution in [3.8, 4) is 11.1 Å². The first-order chi connectivity index (χ1) is 15.7. The molecular weight excluding hydrogens is 434 g/mol. The monoisotopic (exact) mass is 460 g/mol. The molecule has 3 rings (SSSR count). The van der Waals surface area contributed by atoms with Gasteiger partial charge in [0, 0.05) is 5.92 Å². The molecule has 0 heterocycles. The maximum absolute atomic E-state index is 13.3. The molecule has 9 heteroatoms. The van der Waals surface area contributed by atoms with Crippen molar-refractivity contribution in [3.63, 3.8) is 0 Å². The number of rotatable bonds is 10. The molecule has 2 aromatic rings. The van der Waals surface area contributed by atoms with Crippen molar-refractivity contribution in [1.82, 2.24) is 10.6 Å². The highest BCUT2D eigenvalue weighted by Crippen LogP contribution is 2.44. The number of halogens is 2. The fourth-order valence-corrected chi connectivity index (χ4v) is 3.86. The quantitative estimate of drug-likeness (QED) is 0.499. The number of hydrogen-bond donors (Lipinski definition) is 3. The topological polar surface area (TPSA) is 105 Å². The second-order valence-corrected chi connectivity index (χ2v) is 7.89. The van der Waals surface area contributed by atoms with E-state index in [1.54, 1.807) is 0 Å². The number of nitrogens with one attached hydrogen (secondary N) is 2. The number of ether oxygens (including phenoxy) is 1. The molecule has 1 unspecified atom stereocenters. The zero-order chi connectivity index (χ0) is 24.0. The highest BCUT2D eigenvalue weighted by Gasteiger charge is 2.39. The lowest BCUT2D eigenvalue weighted by Crippen LogP contribution is -2.51. The van der Waals surface area contributed by atoms with Crippen LogP contribution in [0.25, 0.3) is 11.1 Å². The molecule has 1 aliphatic rings. The Balaban J connectivity index is 1.63. The van der Waals surface area contributed by atoms with Gasteiger partial charge in [0.15, 0.2) is 0 Å². The lowest BCUT2D eigenvalue weighted by atomic mass is 9.98. The van der Waals surface area contributed by atoms with Crippen molar-refractivity contribution < 1.29 is 33.0 Å². The molecule has 0 fully saturated rings. The number of aliphatic carboxylic acids is 1. The Morgan fingerprint density at radius 1 is 1.06 bits per heavy atom. The van der Waals surface area contributed by atoms with E-state index in [2.05, 4.69) is 5.32 Å². The summed E-state index contributed by atoms with van der Waals surface area (Å²) in [6.07, 6.45) is 0.613. The van der Waals surface area contributed by atoms with Crippen LogP contribution in [0.3, 0.4) is 0 Å². The number of carbonyl (C=O) groups excluding carboxylic acids is 2. The van der Waals surface area contributed by atoms with Crippen LogP contribution < -0.4 is 10.6 Å². The zero-order valence-electron chi connectivity index (χ0n) is 18.1. The van der Waals surface area contributed by atoms with Crippen molar-refractivity contribution in [2.75, 3.05) is 13.2 Å². The Hall–Kier alpha value is -3.49. The van der Waals surface area contributed by atoms with Crippen molar-refractivity contribution in [1.29, 1.82) is 0 Å². The summed E-state index contributed by atoms with van der Waals surface area (Å²) in [4.78, 5) is 35.3. The molecule has 3 N–H and O–H groups in total. The van der Waals surface area contributed by atoms with Gasteiger partial charge in [-0.15, -0.1) is 0 Å². The summed E-state index contributed by atoms with van der Waals surface area (Å²) >= 11 is 0. The fraction of sp³-hybridized carbons (Fsp3) is 0.375. The molecule has 0 spiro atoms. The first-order valence-corrected chi connectivity index (χ1v) is 10.7. The molecule has 0 aromatic heterocycles. The van der Waals surface area contributed by atoms with Crippen LogP contribution in [0.1, 0.15) is 43.2 Å². The van der Waals surface area contributed by atoms with Gasteiger partial charge in [0.2, 0.25) is 5.91 Å². The van der Waals surface area contributed by atoms with Crippen LogP contribution in [0.5, 0.6) is 0 Å². The summed E-state index contributed by atoms with van der Waals surface area (Å²) < 4.78 is 32.0. The molecule has 0 radical (unpaired) electrons. The standard InChI is InChI=1S/C24H26F2N2O5/c1-2-3-12-20(21(29)27-14-24(25,26)22(30)31)28-23(32)33-13-19-17-10-6-4-8-15(17)16-9-5-7-11-18(16)19/h4-11,19-20H,2-3,12-14H2,1H3,(H,27,29)(H,28,32)(H,30,31). The number of carbonyl (C=O) groups is 3. The summed E-state index contributed by atoms with van der Waals surface area (Å²) in [7, 11) is 0. The summed E-state index contributed by atoms with van der Waals surface area (Å²) in [6, 6.07) is 14.5. The molecular formula is C24H26F2N2O5. The Labute approximate surface area is 190 Å². The van der Waals surface area contributed by atoms with Crippen LogP contribution in [-0.4, -0.2) is 48.2 Å². The number of amides is 2. The minimum absolute atomic E-state index is 0.0407. The van der Waals surface area contributed by atoms with Gasteiger partial charge in [-0.3, -0.25) is 4.79 Å². The molecule has 1 aliphatic carbocycles. The van der Waals surface area contributed by atoms with E-state index in [1.807, 2.05) is 60.8 Å². The summed E-state index contributed by atoms with van der Waals surface area (Å²) in [5.74, 6) is -7.50. The zero-order valence-corrected chi connectivity index (χ0v) is 18.1. The van der Waals surface area contributed by atoms with Gasteiger partial charge in [-0.1, -0.05) is 68.3 Å². The average molecular weight is 460 g/mol. The van der Waals surface area contributed by atoms with E-state index in [0.717, 1.165) is 22.3 Å². The maximum atomic E-state index is 13.3. The molecule has 0 bridgehead atoms. The number of unbranched alkanes of at least 4 members (excludes halogenated alkanes) is 1. The third-order valence-corrected chi connectivity index (χ3v) is 5.60. The predicted molar refractivity (Wildman–Crippen MR) is 117 cm³/mol. The second-order valence-electron chi connectivity index (χ2n) is 7.89. The molecule has 2 aromatic carbocycles. The van der Waals surface area contributed by atoms with Crippen molar-refractivity contribution >= 4 is 18.0 Å². The van der Waals surface area contributed by atoms with E-state index in [9.17, 15) is 23.2 Å². The Morgan fingerprint density at radius 3 is 2.18 bits per heavy atom. The van der Waals surface area contributed by atoms with Gasteiger partial charge in [0.05, 0.1) is 6.54 Å². The number of alkyl carbamates (subject to hydrolysis) is 1. The van der Waals surface area contributed by atoms with Crippen molar-refractivity contribution in [3.05, 3.63) is 59.7 Å². The van der Waals surface area contributed by atoms with Gasteiger partial charge >= 0.3 is 18.0 Å². The smallest absolute Gasteiger partial charge is 0.407 e. The third-order valence-electron chi connectivity index (χ3n) is 5.60. The van der Waals surface area contributed by atoms with Crippen LogP contribution in [0.15, 0.2) is 48.5 Å². The number of carboxylic acid groups (broad SMARTS) is 1. The van der Waals surface area contributed by atoms with Crippen LogP contribution in [0, 0.1) is 0 Å². The van der Waals surface area contributed by atoms with Gasteiger partial charge in [0.1, 0.15) is 12.6 Å². The van der Waals surface area contributed by atoms with E-state index >= 15 is 0 Å². The Bertz CT molecular complexity index is 982. The van der Waals surface area contributed by atoms with E-state index < -0.39 is 36.5 Å². The Morgan fingerprint density at radius 2 is 1.64 bits per heavy atom. The predicted octanol–water partition coefficient (Wildman–Crippen LogP) is 3.92. The number of alkyl halides is 2. The molecule has 7 nitrogen and oxygen atoms in total. The van der Waals surface area contributed by atoms with Crippen LogP contribution in [0.2, 0.25) is 0 Å². The lowest BCUT2D eigenvalue weighted by molar-refractivity contribution is -0.164. The van der Waals surface area contributed by atoms with E-state index in [0.29, 0.717) is 12.8 Å². The molecule has 0 aliphatic heterocycles. The number of hydrogen-bond acceptors (Lipinski definition) is 4. The van der Waals surface area contributed by atoms with Gasteiger partial charge in [-0.2, -0.15) is 8.78 Å². The number of carboxylic acids is 1. The van der Waals surface area contributed by atoms with Gasteiger partial charge in [-0.25, -0.2) is 9.59 Å². The SMILES string of the molecule is CCCCC(NC(=O)OCC1c2ccccc2-c2ccccc21)C(=O)NCC(F)(F)C(=O)O. The molecule has 0 saturated carbocycles. The van der Waals surface area contributed by atoms with Gasteiger partial charge < -0.3 is 20.5 Å². The number of fused-ring (bicyclic) bond motifs is 3. The average Bonchev–Trinajstić information content (AvgIpc) is 3.12. The minimum Gasteiger partial charge on any atom is -0.477 e. The first kappa shape index (κ1) is 24.2. The highest BCUT2D eigenvalue weighted by atomic mass is 19.3. The summed E-state index contributed by atoms with van der Waals surface area (Å²) in [5, 5.41) is 12.8. The lowest BCUT2D eigenvalue weighted by Gasteiger charge is -2.20. The molecule has 1 atom stereocenters. The van der Waals surface area contributed by atoms with Crippen molar-refractivity contribution in [2.45, 2.75) is 44.1 Å². The van der Waals surface area contributed by atoms with Crippen LogP contribution in [0.4, 0.5) is 13.6 Å². The van der Waals surface area contributed by atoms with Gasteiger partial charge in [-0.05, 0) is 28.7 Å². The van der Waals surface area contributed by atoms with Crippen LogP contribution >= 0.6 is 0 Å². The molecule has 0 saturated heterocycles. The maximum Gasteiger partial charge on any atom is 0.407 e. The molecule has 2 amide bonds. The molecule has 33 heavy (non-hydrogen) atoms. The highest BCUT2D eigenvalue weighted by molar-refractivity contribution is 5.86. The third kappa shape index (κ3) is 5.66. The largest absolute Gasteiger partial charge is 0.477 e. The van der Waals surface area contributed by atoms with Gasteiger partial charge in [0.25, 0.3) is 0 Å². The minimum atomic E-state index is -4.10. The normalized spacial score (nSPS) is 13.5. The van der Waals surface area contributed by atoms with E-state index in [-0.39, 0.29) is 18.9 Å². The summed E-state index contributed by atoms with van der Waals surface area (Å²) in [6.45, 7) is 0.552. The van der Waals surface area contributed by atoms with Crippen LogP contribution in [-0.2, 0) is 14.3 Å². The van der Waals surface area contributed by atoms with E-state index in [4.69, 9.17) is 9.84 Å². The molecule has 176 valence electrons. The second kappa shape index (κ2) is 10.4. The first-order valence-electron chi connectivity index (χ1n) is 10.7. The Kier molecular flexibility index (Phi) is 7.63. The van der Waals surface area contributed by atoms with E-state index in [1.165, 1.54) is 0 Å². The fourth-order valence-electron chi connectivity index (χ4n) is 3.86.